The highest BCUT2D eigenvalue weighted by Gasteiger charge is 2.17. The van der Waals surface area contributed by atoms with Gasteiger partial charge in [-0.2, -0.15) is 5.26 Å². The number of aromatic nitrogens is 1. The minimum Gasteiger partial charge on any atom is -0.493 e. The van der Waals surface area contributed by atoms with Gasteiger partial charge in [-0.15, -0.1) is 11.3 Å². The number of benzene rings is 2. The standard InChI is InChI=1S/C22H17BrN2O4S/c1-13(26)29-21-19(27-2)9-14(10-20(21)28-3)8-16(11-24)22-25-18(12-30-22)15-4-6-17(23)7-5-15/h4-10,12H,1-3H3/b16-8-. The Morgan fingerprint density at radius 3 is 2.33 bits per heavy atom. The Hall–Kier alpha value is -3.15. The Morgan fingerprint density at radius 1 is 1.17 bits per heavy atom. The maximum atomic E-state index is 11.4. The van der Waals surface area contributed by atoms with Crippen molar-refractivity contribution in [1.82, 2.24) is 4.98 Å². The second-order valence-corrected chi connectivity index (χ2v) is 7.84. The van der Waals surface area contributed by atoms with Gasteiger partial charge in [-0.05, 0) is 35.9 Å². The van der Waals surface area contributed by atoms with E-state index in [0.717, 1.165) is 15.7 Å². The van der Waals surface area contributed by atoms with E-state index in [1.165, 1.54) is 32.5 Å². The normalized spacial score (nSPS) is 11.0. The van der Waals surface area contributed by atoms with E-state index in [2.05, 4.69) is 27.0 Å². The van der Waals surface area contributed by atoms with E-state index in [1.807, 2.05) is 29.6 Å². The van der Waals surface area contributed by atoms with Crippen LogP contribution in [-0.2, 0) is 4.79 Å². The van der Waals surface area contributed by atoms with Crippen LogP contribution in [0.3, 0.4) is 0 Å². The van der Waals surface area contributed by atoms with Crippen molar-refractivity contribution in [2.75, 3.05) is 14.2 Å². The molecular weight excluding hydrogens is 468 g/mol. The molecule has 30 heavy (non-hydrogen) atoms. The predicted octanol–water partition coefficient (Wildman–Crippen LogP) is 5.58. The molecule has 1 heterocycles. The van der Waals surface area contributed by atoms with Gasteiger partial charge in [-0.25, -0.2) is 4.98 Å². The average molecular weight is 485 g/mol. The highest BCUT2D eigenvalue weighted by atomic mass is 79.9. The van der Waals surface area contributed by atoms with E-state index >= 15 is 0 Å². The van der Waals surface area contributed by atoms with Crippen molar-refractivity contribution >= 4 is 44.9 Å². The monoisotopic (exact) mass is 484 g/mol. The van der Waals surface area contributed by atoms with Crippen LogP contribution in [0, 0.1) is 11.3 Å². The van der Waals surface area contributed by atoms with Gasteiger partial charge in [0.05, 0.1) is 25.5 Å². The Labute approximate surface area is 186 Å². The number of ether oxygens (including phenoxy) is 3. The van der Waals surface area contributed by atoms with Crippen LogP contribution in [0.2, 0.25) is 0 Å². The van der Waals surface area contributed by atoms with Crippen molar-refractivity contribution in [2.24, 2.45) is 0 Å². The smallest absolute Gasteiger partial charge is 0.308 e. The summed E-state index contributed by atoms with van der Waals surface area (Å²) in [5.41, 5.74) is 2.81. The molecule has 0 fully saturated rings. The number of nitrogens with zero attached hydrogens (tertiary/aromatic N) is 2. The summed E-state index contributed by atoms with van der Waals surface area (Å²) in [5, 5.41) is 12.2. The summed E-state index contributed by atoms with van der Waals surface area (Å²) in [6.45, 7) is 1.30. The van der Waals surface area contributed by atoms with Crippen molar-refractivity contribution in [3.8, 4) is 34.6 Å². The fourth-order valence-corrected chi connectivity index (χ4v) is 3.75. The van der Waals surface area contributed by atoms with Gasteiger partial charge in [0.2, 0.25) is 5.75 Å². The highest BCUT2D eigenvalue weighted by molar-refractivity contribution is 9.10. The van der Waals surface area contributed by atoms with E-state index < -0.39 is 5.97 Å². The highest BCUT2D eigenvalue weighted by Crippen LogP contribution is 2.39. The summed E-state index contributed by atoms with van der Waals surface area (Å²) in [5.74, 6) is 0.344. The lowest BCUT2D eigenvalue weighted by molar-refractivity contribution is -0.132. The lowest BCUT2D eigenvalue weighted by atomic mass is 10.1. The number of thiazole rings is 1. The zero-order chi connectivity index (χ0) is 21.7. The molecule has 0 spiro atoms. The van der Waals surface area contributed by atoms with E-state index in [0.29, 0.717) is 27.6 Å². The van der Waals surface area contributed by atoms with Gasteiger partial charge < -0.3 is 14.2 Å². The minimum atomic E-state index is -0.490. The number of carbonyl (C=O) groups excluding carboxylic acids is 1. The third kappa shape index (κ3) is 4.87. The Morgan fingerprint density at radius 2 is 1.80 bits per heavy atom. The van der Waals surface area contributed by atoms with Crippen LogP contribution >= 0.6 is 27.3 Å². The van der Waals surface area contributed by atoms with Crippen LogP contribution in [0.5, 0.6) is 17.2 Å². The molecule has 0 aliphatic heterocycles. The summed E-state index contributed by atoms with van der Waals surface area (Å²) in [6.07, 6.45) is 1.69. The molecule has 6 nitrogen and oxygen atoms in total. The first kappa shape index (κ1) is 21.6. The molecule has 1 aromatic heterocycles. The molecule has 0 aliphatic carbocycles. The molecule has 0 atom stereocenters. The molecule has 0 saturated carbocycles. The van der Waals surface area contributed by atoms with Gasteiger partial charge in [-0.1, -0.05) is 28.1 Å². The van der Waals surface area contributed by atoms with Crippen LogP contribution in [0.4, 0.5) is 0 Å². The molecule has 0 unspecified atom stereocenters. The molecule has 152 valence electrons. The number of esters is 1. The quantitative estimate of drug-likeness (QED) is 0.258. The fraction of sp³-hybridized carbons (Fsp3) is 0.136. The van der Waals surface area contributed by atoms with Crippen LogP contribution < -0.4 is 14.2 Å². The molecule has 0 bridgehead atoms. The van der Waals surface area contributed by atoms with Crippen LogP contribution in [0.25, 0.3) is 22.9 Å². The third-order valence-electron chi connectivity index (χ3n) is 4.03. The van der Waals surface area contributed by atoms with E-state index in [-0.39, 0.29) is 5.75 Å². The number of allylic oxidation sites excluding steroid dienone is 1. The maximum Gasteiger partial charge on any atom is 0.308 e. The molecule has 3 aromatic rings. The van der Waals surface area contributed by atoms with Crippen LogP contribution in [0.15, 0.2) is 46.3 Å². The number of methoxy groups -OCH3 is 2. The van der Waals surface area contributed by atoms with E-state index in [9.17, 15) is 10.1 Å². The first-order chi connectivity index (χ1) is 14.4. The molecule has 8 heteroatoms. The summed E-state index contributed by atoms with van der Waals surface area (Å²) < 4.78 is 16.9. The predicted molar refractivity (Wildman–Crippen MR) is 120 cm³/mol. The fourth-order valence-electron chi connectivity index (χ4n) is 2.69. The maximum absolute atomic E-state index is 11.4. The summed E-state index contributed by atoms with van der Waals surface area (Å²) >= 11 is 4.80. The molecule has 0 aliphatic rings. The number of hydrogen-bond acceptors (Lipinski definition) is 7. The number of rotatable bonds is 6. The third-order valence-corrected chi connectivity index (χ3v) is 5.44. The van der Waals surface area contributed by atoms with Crippen molar-refractivity contribution in [3.05, 3.63) is 56.8 Å². The molecule has 0 N–H and O–H groups in total. The lowest BCUT2D eigenvalue weighted by Crippen LogP contribution is -2.05. The Balaban J connectivity index is 1.99. The summed E-state index contributed by atoms with van der Waals surface area (Å²) in [6, 6.07) is 13.3. The average Bonchev–Trinajstić information content (AvgIpc) is 3.22. The van der Waals surface area contributed by atoms with Crippen LogP contribution in [0.1, 0.15) is 17.5 Å². The topological polar surface area (TPSA) is 81.4 Å². The number of hydrogen-bond donors (Lipinski definition) is 0. The number of carbonyl (C=O) groups is 1. The lowest BCUT2D eigenvalue weighted by Gasteiger charge is -2.13. The van der Waals surface area contributed by atoms with Gasteiger partial charge in [-0.3, -0.25) is 4.79 Å². The Kier molecular flexibility index (Phi) is 6.87. The second kappa shape index (κ2) is 9.57. The molecule has 0 amide bonds. The first-order valence-corrected chi connectivity index (χ1v) is 10.4. The summed E-state index contributed by atoms with van der Waals surface area (Å²) in [7, 11) is 2.93. The minimum absolute atomic E-state index is 0.190. The van der Waals surface area contributed by atoms with E-state index in [4.69, 9.17) is 14.2 Å². The second-order valence-electron chi connectivity index (χ2n) is 6.06. The van der Waals surface area contributed by atoms with Crippen molar-refractivity contribution < 1.29 is 19.0 Å². The molecule has 3 rings (SSSR count). The van der Waals surface area contributed by atoms with Gasteiger partial charge in [0, 0.05) is 22.3 Å². The molecule has 0 radical (unpaired) electrons. The van der Waals surface area contributed by atoms with E-state index in [1.54, 1.807) is 18.2 Å². The van der Waals surface area contributed by atoms with Crippen molar-refractivity contribution in [2.45, 2.75) is 6.92 Å². The van der Waals surface area contributed by atoms with Crippen molar-refractivity contribution in [1.29, 1.82) is 5.26 Å². The molecule has 2 aromatic carbocycles. The largest absolute Gasteiger partial charge is 0.493 e. The van der Waals surface area contributed by atoms with Crippen molar-refractivity contribution in [3.63, 3.8) is 0 Å². The van der Waals surface area contributed by atoms with Crippen LogP contribution in [-0.4, -0.2) is 25.2 Å². The van der Waals surface area contributed by atoms with Gasteiger partial charge in [0.15, 0.2) is 11.5 Å². The van der Waals surface area contributed by atoms with Gasteiger partial charge in [0.25, 0.3) is 0 Å². The Bertz CT molecular complexity index is 1120. The zero-order valence-electron chi connectivity index (χ0n) is 16.4. The number of halogens is 1. The molecular formula is C22H17BrN2O4S. The SMILES string of the molecule is COc1cc(/C=C(/C#N)c2nc(-c3ccc(Br)cc3)cs2)cc(OC)c1OC(C)=O. The molecule has 0 saturated heterocycles. The first-order valence-electron chi connectivity index (χ1n) is 8.73. The summed E-state index contributed by atoms with van der Waals surface area (Å²) in [4.78, 5) is 16.0. The van der Waals surface area contributed by atoms with Gasteiger partial charge in [0.1, 0.15) is 11.1 Å². The number of nitriles is 1. The van der Waals surface area contributed by atoms with Gasteiger partial charge >= 0.3 is 5.97 Å². The zero-order valence-corrected chi connectivity index (χ0v) is 18.8.